The van der Waals surface area contributed by atoms with Crippen molar-refractivity contribution < 1.29 is 19.1 Å². The Morgan fingerprint density at radius 3 is 2.52 bits per heavy atom. The molecule has 1 fully saturated rings. The standard InChI is InChI=1S/C21H22N2O4/c1-26-16-8-6-15(7-9-16)20(25)23-12-10-21(11-13-23)14-22-19(24)17-4-2-3-5-18(17)27-21/h2-9H,10-14H2,1H3,(H,22,24). The van der Waals surface area contributed by atoms with Gasteiger partial charge in [0.05, 0.1) is 19.2 Å². The molecule has 6 heteroatoms. The largest absolute Gasteiger partial charge is 0.497 e. The molecule has 0 bridgehead atoms. The van der Waals surface area contributed by atoms with Crippen molar-refractivity contribution in [1.29, 1.82) is 0 Å². The number of piperidine rings is 1. The third kappa shape index (κ3) is 3.35. The van der Waals surface area contributed by atoms with Crippen LogP contribution in [0.15, 0.2) is 48.5 Å². The van der Waals surface area contributed by atoms with Crippen molar-refractivity contribution in [3.63, 3.8) is 0 Å². The number of likely N-dealkylation sites (tertiary alicyclic amines) is 1. The minimum absolute atomic E-state index is 0.00515. The van der Waals surface area contributed by atoms with Crippen LogP contribution < -0.4 is 14.8 Å². The molecular formula is C21H22N2O4. The van der Waals surface area contributed by atoms with Gasteiger partial charge in [-0.15, -0.1) is 0 Å². The van der Waals surface area contributed by atoms with Gasteiger partial charge in [-0.3, -0.25) is 9.59 Å². The molecule has 0 radical (unpaired) electrons. The normalized spacial score (nSPS) is 18.1. The second-order valence-electron chi connectivity index (χ2n) is 6.98. The number of rotatable bonds is 2. The Balaban J connectivity index is 1.46. The monoisotopic (exact) mass is 366 g/mol. The van der Waals surface area contributed by atoms with Gasteiger partial charge in [-0.25, -0.2) is 0 Å². The van der Waals surface area contributed by atoms with E-state index in [-0.39, 0.29) is 11.8 Å². The summed E-state index contributed by atoms with van der Waals surface area (Å²) >= 11 is 0. The molecule has 1 saturated heterocycles. The highest BCUT2D eigenvalue weighted by Gasteiger charge is 2.40. The molecule has 140 valence electrons. The van der Waals surface area contributed by atoms with E-state index in [0.29, 0.717) is 49.4 Å². The summed E-state index contributed by atoms with van der Waals surface area (Å²) < 4.78 is 11.4. The van der Waals surface area contributed by atoms with Crippen molar-refractivity contribution in [2.75, 3.05) is 26.7 Å². The molecule has 0 atom stereocenters. The van der Waals surface area contributed by atoms with Gasteiger partial charge in [0.2, 0.25) is 0 Å². The lowest BCUT2D eigenvalue weighted by Gasteiger charge is -2.41. The molecule has 1 spiro atoms. The Hall–Kier alpha value is -3.02. The number of amides is 2. The molecule has 2 aliphatic heterocycles. The number of hydrogen-bond acceptors (Lipinski definition) is 4. The molecule has 27 heavy (non-hydrogen) atoms. The molecular weight excluding hydrogens is 344 g/mol. The van der Waals surface area contributed by atoms with E-state index in [0.717, 1.165) is 5.75 Å². The van der Waals surface area contributed by atoms with Gasteiger partial charge in [0, 0.05) is 31.5 Å². The van der Waals surface area contributed by atoms with Crippen LogP contribution in [-0.2, 0) is 0 Å². The summed E-state index contributed by atoms with van der Waals surface area (Å²) in [5.41, 5.74) is 0.733. The van der Waals surface area contributed by atoms with Gasteiger partial charge in [0.1, 0.15) is 17.1 Å². The summed E-state index contributed by atoms with van der Waals surface area (Å²) in [4.78, 5) is 26.9. The van der Waals surface area contributed by atoms with Crippen LogP contribution in [0.25, 0.3) is 0 Å². The van der Waals surface area contributed by atoms with Gasteiger partial charge in [0.15, 0.2) is 0 Å². The average Bonchev–Trinajstić information content (AvgIpc) is 2.85. The Bertz CT molecular complexity index is 855. The minimum Gasteiger partial charge on any atom is -0.497 e. The maximum atomic E-state index is 12.8. The molecule has 1 N–H and O–H groups in total. The second kappa shape index (κ2) is 6.95. The predicted octanol–water partition coefficient (Wildman–Crippen LogP) is 2.49. The Kier molecular flexibility index (Phi) is 4.48. The van der Waals surface area contributed by atoms with Crippen LogP contribution in [0.2, 0.25) is 0 Å². The number of para-hydroxylation sites is 1. The number of carbonyl (C=O) groups excluding carboxylic acids is 2. The maximum Gasteiger partial charge on any atom is 0.255 e. The number of fused-ring (bicyclic) bond motifs is 1. The Morgan fingerprint density at radius 1 is 1.11 bits per heavy atom. The van der Waals surface area contributed by atoms with Crippen LogP contribution in [0, 0.1) is 0 Å². The van der Waals surface area contributed by atoms with Gasteiger partial charge in [0.25, 0.3) is 11.8 Å². The van der Waals surface area contributed by atoms with Crippen LogP contribution in [0.4, 0.5) is 0 Å². The van der Waals surface area contributed by atoms with E-state index in [2.05, 4.69) is 5.32 Å². The lowest BCUT2D eigenvalue weighted by Crippen LogP contribution is -2.54. The highest BCUT2D eigenvalue weighted by atomic mass is 16.5. The minimum atomic E-state index is -0.473. The fourth-order valence-electron chi connectivity index (χ4n) is 3.66. The highest BCUT2D eigenvalue weighted by Crippen LogP contribution is 2.33. The number of ether oxygens (including phenoxy) is 2. The van der Waals surface area contributed by atoms with E-state index in [9.17, 15) is 9.59 Å². The van der Waals surface area contributed by atoms with Crippen molar-refractivity contribution in [2.45, 2.75) is 18.4 Å². The van der Waals surface area contributed by atoms with Gasteiger partial charge >= 0.3 is 0 Å². The topological polar surface area (TPSA) is 67.9 Å². The van der Waals surface area contributed by atoms with E-state index < -0.39 is 5.60 Å². The number of carbonyl (C=O) groups is 2. The fourth-order valence-corrected chi connectivity index (χ4v) is 3.66. The third-order valence-electron chi connectivity index (χ3n) is 5.33. The summed E-state index contributed by atoms with van der Waals surface area (Å²) in [5, 5.41) is 2.97. The Morgan fingerprint density at radius 2 is 1.81 bits per heavy atom. The molecule has 0 saturated carbocycles. The SMILES string of the molecule is COc1ccc(C(=O)N2CCC3(CC2)CNC(=O)c2ccccc2O3)cc1. The first-order valence-corrected chi connectivity index (χ1v) is 9.10. The van der Waals surface area contributed by atoms with Crippen LogP contribution in [0.5, 0.6) is 11.5 Å². The molecule has 0 aromatic heterocycles. The zero-order valence-electron chi connectivity index (χ0n) is 15.2. The molecule has 0 unspecified atom stereocenters. The zero-order chi connectivity index (χ0) is 18.9. The van der Waals surface area contributed by atoms with Crippen molar-refractivity contribution in [2.24, 2.45) is 0 Å². The van der Waals surface area contributed by atoms with E-state index in [4.69, 9.17) is 9.47 Å². The van der Waals surface area contributed by atoms with Crippen LogP contribution in [-0.4, -0.2) is 49.1 Å². The van der Waals surface area contributed by atoms with E-state index in [1.807, 2.05) is 23.1 Å². The van der Waals surface area contributed by atoms with E-state index in [1.54, 1.807) is 37.4 Å². The highest BCUT2D eigenvalue weighted by molar-refractivity contribution is 5.97. The summed E-state index contributed by atoms with van der Waals surface area (Å²) in [6.07, 6.45) is 1.34. The lowest BCUT2D eigenvalue weighted by molar-refractivity contribution is 0.00771. The predicted molar refractivity (Wildman–Crippen MR) is 100 cm³/mol. The third-order valence-corrected chi connectivity index (χ3v) is 5.33. The van der Waals surface area contributed by atoms with Crippen molar-refractivity contribution in [1.82, 2.24) is 10.2 Å². The first kappa shape index (κ1) is 17.4. The summed E-state index contributed by atoms with van der Waals surface area (Å²) in [7, 11) is 1.60. The molecule has 0 aliphatic carbocycles. The van der Waals surface area contributed by atoms with Gasteiger partial charge in [-0.05, 0) is 36.4 Å². The first-order chi connectivity index (χ1) is 13.1. The van der Waals surface area contributed by atoms with Gasteiger partial charge in [-0.2, -0.15) is 0 Å². The van der Waals surface area contributed by atoms with Crippen molar-refractivity contribution in [3.8, 4) is 11.5 Å². The molecule has 2 aromatic rings. The zero-order valence-corrected chi connectivity index (χ0v) is 15.2. The summed E-state index contributed by atoms with van der Waals surface area (Å²) in [6.45, 7) is 1.62. The number of nitrogens with one attached hydrogen (secondary N) is 1. The van der Waals surface area contributed by atoms with E-state index in [1.165, 1.54) is 0 Å². The smallest absolute Gasteiger partial charge is 0.255 e. The van der Waals surface area contributed by atoms with Crippen LogP contribution in [0.3, 0.4) is 0 Å². The average molecular weight is 366 g/mol. The van der Waals surface area contributed by atoms with Crippen molar-refractivity contribution >= 4 is 11.8 Å². The second-order valence-corrected chi connectivity index (χ2v) is 6.98. The molecule has 2 heterocycles. The Labute approximate surface area is 158 Å². The number of nitrogens with zero attached hydrogens (tertiary/aromatic N) is 1. The lowest BCUT2D eigenvalue weighted by atomic mass is 9.90. The molecule has 4 rings (SSSR count). The summed E-state index contributed by atoms with van der Waals surface area (Å²) in [5.74, 6) is 1.23. The quantitative estimate of drug-likeness (QED) is 0.887. The number of benzene rings is 2. The van der Waals surface area contributed by atoms with Crippen LogP contribution in [0.1, 0.15) is 33.6 Å². The fraction of sp³-hybridized carbons (Fsp3) is 0.333. The molecule has 2 aliphatic rings. The molecule has 2 amide bonds. The van der Waals surface area contributed by atoms with Gasteiger partial charge < -0.3 is 19.7 Å². The maximum absolute atomic E-state index is 12.8. The molecule has 2 aromatic carbocycles. The molecule has 6 nitrogen and oxygen atoms in total. The number of methoxy groups -OCH3 is 1. The van der Waals surface area contributed by atoms with Crippen LogP contribution >= 0.6 is 0 Å². The summed E-state index contributed by atoms with van der Waals surface area (Å²) in [6, 6.07) is 14.4. The van der Waals surface area contributed by atoms with E-state index >= 15 is 0 Å². The first-order valence-electron chi connectivity index (χ1n) is 9.10. The van der Waals surface area contributed by atoms with Crippen molar-refractivity contribution in [3.05, 3.63) is 59.7 Å². The number of hydrogen-bond donors (Lipinski definition) is 1. The van der Waals surface area contributed by atoms with Gasteiger partial charge in [-0.1, -0.05) is 12.1 Å².